The molecule has 0 saturated carbocycles. The van der Waals surface area contributed by atoms with E-state index in [2.05, 4.69) is 22.9 Å². The van der Waals surface area contributed by atoms with Crippen LogP contribution < -0.4 is 0 Å². The number of halogens is 1. The molecule has 0 aromatic heterocycles. The van der Waals surface area contributed by atoms with Gasteiger partial charge in [0.15, 0.2) is 6.10 Å². The lowest BCUT2D eigenvalue weighted by Gasteiger charge is -2.11. The van der Waals surface area contributed by atoms with Crippen LogP contribution in [-0.4, -0.2) is 16.9 Å². The average Bonchev–Trinajstić information content (AvgIpc) is 2.26. The van der Waals surface area contributed by atoms with Crippen LogP contribution in [0.2, 0.25) is 0 Å². The molecular weight excluding hydrogens is 270 g/mol. The molecule has 0 aliphatic rings. The zero-order valence-corrected chi connectivity index (χ0v) is 11.6. The van der Waals surface area contributed by atoms with Crippen molar-refractivity contribution in [3.05, 3.63) is 0 Å². The third-order valence-corrected chi connectivity index (χ3v) is 2.67. The summed E-state index contributed by atoms with van der Waals surface area (Å²) in [6.45, 7) is 3.86. The second-order valence-corrected chi connectivity index (χ2v) is 5.25. The molecule has 0 spiro atoms. The molecule has 0 amide bonds. The van der Waals surface area contributed by atoms with Gasteiger partial charge in [-0.15, -0.1) is 0 Å². The Hall–Kier alpha value is -0.560. The summed E-state index contributed by atoms with van der Waals surface area (Å²) < 4.78 is 5.02. The molecule has 0 aromatic carbocycles. The fourth-order valence-electron chi connectivity index (χ4n) is 1.32. The molecule has 0 aliphatic heterocycles. The molecule has 0 radical (unpaired) electrons. The Labute approximate surface area is 106 Å². The van der Waals surface area contributed by atoms with E-state index in [1.165, 1.54) is 19.3 Å². The van der Waals surface area contributed by atoms with Gasteiger partial charge in [-0.05, 0) is 19.8 Å². The van der Waals surface area contributed by atoms with Crippen LogP contribution in [0.4, 0.5) is 0 Å². The van der Waals surface area contributed by atoms with Crippen molar-refractivity contribution in [2.45, 2.75) is 63.3 Å². The molecule has 0 N–H and O–H groups in total. The predicted octanol–water partition coefficient (Wildman–Crippen LogP) is 3.57. The number of carbonyl (C=O) groups is 1. The van der Waals surface area contributed by atoms with E-state index in [4.69, 9.17) is 10.00 Å². The lowest BCUT2D eigenvalue weighted by molar-refractivity contribution is -0.145. The van der Waals surface area contributed by atoms with E-state index in [0.717, 1.165) is 12.8 Å². The smallest absolute Gasteiger partial charge is 0.320 e. The Morgan fingerprint density at radius 1 is 1.38 bits per heavy atom. The zero-order chi connectivity index (χ0) is 12.4. The van der Waals surface area contributed by atoms with Crippen LogP contribution in [-0.2, 0) is 9.53 Å². The minimum atomic E-state index is -0.589. The molecule has 4 heteroatoms. The largest absolute Gasteiger partial charge is 0.446 e. The van der Waals surface area contributed by atoms with Gasteiger partial charge in [-0.25, -0.2) is 0 Å². The molecule has 0 aromatic rings. The van der Waals surface area contributed by atoms with Gasteiger partial charge in [0.25, 0.3) is 0 Å². The lowest BCUT2D eigenvalue weighted by atomic mass is 10.1. The Morgan fingerprint density at radius 3 is 2.50 bits per heavy atom. The van der Waals surface area contributed by atoms with Crippen LogP contribution in [0.15, 0.2) is 0 Å². The highest BCUT2D eigenvalue weighted by atomic mass is 79.9. The fraction of sp³-hybridized carbons (Fsp3) is 0.833. The molecule has 2 atom stereocenters. The molecule has 0 aliphatic carbocycles. The van der Waals surface area contributed by atoms with E-state index in [1.807, 2.05) is 6.07 Å². The molecular formula is C12H20BrNO2. The van der Waals surface area contributed by atoms with Crippen LogP contribution in [0.5, 0.6) is 0 Å². The van der Waals surface area contributed by atoms with Gasteiger partial charge in [-0.1, -0.05) is 48.5 Å². The first kappa shape index (κ1) is 15.4. The summed E-state index contributed by atoms with van der Waals surface area (Å²) in [5.74, 6) is -0.361. The van der Waals surface area contributed by atoms with Crippen LogP contribution in [0, 0.1) is 11.3 Å². The Bertz CT molecular complexity index is 236. The van der Waals surface area contributed by atoms with E-state index >= 15 is 0 Å². The van der Waals surface area contributed by atoms with Gasteiger partial charge < -0.3 is 4.74 Å². The maximum Gasteiger partial charge on any atom is 0.320 e. The molecule has 0 heterocycles. The lowest BCUT2D eigenvalue weighted by Crippen LogP contribution is -2.21. The number of ether oxygens (including phenoxy) is 1. The maximum atomic E-state index is 11.2. The number of esters is 1. The van der Waals surface area contributed by atoms with E-state index in [1.54, 1.807) is 6.92 Å². The first-order valence-corrected chi connectivity index (χ1v) is 6.77. The maximum absolute atomic E-state index is 11.2. The number of nitrogens with zero attached hydrogens (tertiary/aromatic N) is 1. The predicted molar refractivity (Wildman–Crippen MR) is 67.3 cm³/mol. The fourth-order valence-corrected chi connectivity index (χ4v) is 1.42. The zero-order valence-electron chi connectivity index (χ0n) is 10.0. The topological polar surface area (TPSA) is 50.1 Å². The Kier molecular flexibility index (Phi) is 9.31. The summed E-state index contributed by atoms with van der Waals surface area (Å²) in [5, 5.41) is 8.82. The molecule has 16 heavy (non-hydrogen) atoms. The highest BCUT2D eigenvalue weighted by molar-refractivity contribution is 9.10. The number of alkyl halides is 1. The van der Waals surface area contributed by atoms with Gasteiger partial charge in [0, 0.05) is 0 Å². The summed E-state index contributed by atoms with van der Waals surface area (Å²) in [6.07, 6.45) is 5.74. The van der Waals surface area contributed by atoms with Crippen molar-refractivity contribution in [3.8, 4) is 6.07 Å². The minimum absolute atomic E-state index is 0.344. The van der Waals surface area contributed by atoms with Crippen molar-refractivity contribution in [2.24, 2.45) is 0 Å². The Balaban J connectivity index is 3.68. The molecule has 92 valence electrons. The van der Waals surface area contributed by atoms with Crippen molar-refractivity contribution in [2.75, 3.05) is 0 Å². The minimum Gasteiger partial charge on any atom is -0.446 e. The number of unbranched alkanes of at least 4 members (excludes halogenated alkanes) is 4. The molecule has 3 nitrogen and oxygen atoms in total. The standard InChI is InChI=1S/C12H20BrNO2/c1-3-4-5-6-7-8-11(9-14)16-12(15)10(2)13/h10-11H,3-8H2,1-2H3/t10?,11-/m0/s1. The summed E-state index contributed by atoms with van der Waals surface area (Å²) >= 11 is 3.12. The van der Waals surface area contributed by atoms with E-state index < -0.39 is 6.10 Å². The number of carbonyl (C=O) groups excluding carboxylic acids is 1. The molecule has 0 rings (SSSR count). The summed E-state index contributed by atoms with van der Waals surface area (Å²) in [4.78, 5) is 10.9. The quantitative estimate of drug-likeness (QED) is 0.390. The number of rotatable bonds is 8. The SMILES string of the molecule is CCCCCCC[C@@H](C#N)OC(=O)C(C)Br. The van der Waals surface area contributed by atoms with Crippen molar-refractivity contribution in [1.29, 1.82) is 5.26 Å². The van der Waals surface area contributed by atoms with Gasteiger partial charge in [0.1, 0.15) is 10.9 Å². The van der Waals surface area contributed by atoms with Crippen LogP contribution >= 0.6 is 15.9 Å². The highest BCUT2D eigenvalue weighted by Gasteiger charge is 2.16. The summed E-state index contributed by atoms with van der Waals surface area (Å²) in [7, 11) is 0. The Morgan fingerprint density at radius 2 is 2.00 bits per heavy atom. The average molecular weight is 290 g/mol. The first-order valence-electron chi connectivity index (χ1n) is 5.86. The van der Waals surface area contributed by atoms with Gasteiger partial charge in [-0.2, -0.15) is 5.26 Å². The molecule has 1 unspecified atom stereocenters. The molecule has 0 bridgehead atoms. The number of nitriles is 1. The second-order valence-electron chi connectivity index (χ2n) is 3.87. The van der Waals surface area contributed by atoms with E-state index in [0.29, 0.717) is 6.42 Å². The van der Waals surface area contributed by atoms with Crippen molar-refractivity contribution < 1.29 is 9.53 Å². The highest BCUT2D eigenvalue weighted by Crippen LogP contribution is 2.11. The third-order valence-electron chi connectivity index (χ3n) is 2.30. The third kappa shape index (κ3) is 7.70. The number of hydrogen-bond donors (Lipinski definition) is 0. The van der Waals surface area contributed by atoms with Crippen molar-refractivity contribution in [1.82, 2.24) is 0 Å². The summed E-state index contributed by atoms with van der Waals surface area (Å²) in [6, 6.07) is 2.01. The monoisotopic (exact) mass is 289 g/mol. The normalized spacial score (nSPS) is 13.9. The van der Waals surface area contributed by atoms with Crippen LogP contribution in [0.25, 0.3) is 0 Å². The van der Waals surface area contributed by atoms with Crippen molar-refractivity contribution in [3.63, 3.8) is 0 Å². The summed E-state index contributed by atoms with van der Waals surface area (Å²) in [5.41, 5.74) is 0. The number of hydrogen-bond acceptors (Lipinski definition) is 3. The van der Waals surface area contributed by atoms with Crippen molar-refractivity contribution >= 4 is 21.9 Å². The van der Waals surface area contributed by atoms with Gasteiger partial charge in [0.05, 0.1) is 0 Å². The van der Waals surface area contributed by atoms with Gasteiger partial charge >= 0.3 is 5.97 Å². The van der Waals surface area contributed by atoms with E-state index in [-0.39, 0.29) is 10.8 Å². The van der Waals surface area contributed by atoms with E-state index in [9.17, 15) is 4.79 Å². The molecule has 0 saturated heterocycles. The van der Waals surface area contributed by atoms with Gasteiger partial charge in [-0.3, -0.25) is 4.79 Å². The van der Waals surface area contributed by atoms with Gasteiger partial charge in [0.2, 0.25) is 0 Å². The van der Waals surface area contributed by atoms with Crippen LogP contribution in [0.1, 0.15) is 52.4 Å². The molecule has 0 fully saturated rings. The van der Waals surface area contributed by atoms with Crippen LogP contribution in [0.3, 0.4) is 0 Å². The first-order chi connectivity index (χ1) is 7.61. The second kappa shape index (κ2) is 9.65.